The van der Waals surface area contributed by atoms with Crippen LogP contribution in [0.1, 0.15) is 149 Å². The molecule has 0 amide bonds. The summed E-state index contributed by atoms with van der Waals surface area (Å²) in [5, 5.41) is 0. The predicted molar refractivity (Wildman–Crippen MR) is 155 cm³/mol. The van der Waals surface area contributed by atoms with Crippen LogP contribution in [0.5, 0.6) is 0 Å². The topological polar surface area (TPSA) is 46.5 Å². The second-order valence-electron chi connectivity index (χ2n) is 11.5. The molecule has 0 aromatic rings. The highest BCUT2D eigenvalue weighted by atomic mass is 31.2. The van der Waals surface area contributed by atoms with Gasteiger partial charge in [0.15, 0.2) is 5.78 Å². The molecule has 0 bridgehead atoms. The maximum absolute atomic E-state index is 12.5. The fourth-order valence-electron chi connectivity index (χ4n) is 4.91. The zero-order chi connectivity index (χ0) is 26.3. The Bertz CT molecular complexity index is 530. The van der Waals surface area contributed by atoms with Gasteiger partial charge in [0.25, 0.3) is 0 Å². The molecule has 0 aromatic heterocycles. The van der Waals surface area contributed by atoms with Gasteiger partial charge in [0.05, 0.1) is 27.7 Å². The normalized spacial score (nSPS) is 15.0. The summed E-state index contributed by atoms with van der Waals surface area (Å²) in [6, 6.07) is 0. The highest BCUT2D eigenvalue weighted by molar-refractivity contribution is 7.53. The molecule has 0 saturated carbocycles. The molecule has 210 valence electrons. The lowest BCUT2D eigenvalue weighted by Gasteiger charge is -2.35. The Morgan fingerprint density at radius 1 is 0.657 bits per heavy atom. The number of nitrogens with zero attached hydrogens (tertiary/aromatic N) is 1. The summed E-state index contributed by atoms with van der Waals surface area (Å²) in [7, 11) is 2.31. The Balaban J connectivity index is 3.40. The van der Waals surface area contributed by atoms with Crippen molar-refractivity contribution in [3.63, 3.8) is 0 Å². The Morgan fingerprint density at radius 3 is 1.40 bits per heavy atom. The van der Waals surface area contributed by atoms with Crippen molar-refractivity contribution in [1.29, 1.82) is 0 Å². The fraction of sp³-hybridized carbons (Fsp3) is 0.933. The number of hydrogen-bond acceptors (Lipinski definition) is 2. The summed E-state index contributed by atoms with van der Waals surface area (Å²) in [6.07, 6.45) is 31.8. The fourth-order valence-corrected chi connectivity index (χ4v) is 6.81. The van der Waals surface area contributed by atoms with Gasteiger partial charge in [-0.2, -0.15) is 0 Å². The van der Waals surface area contributed by atoms with Crippen LogP contribution in [-0.2, 0) is 9.09 Å². The first-order valence-electron chi connectivity index (χ1n) is 15.2. The molecule has 0 aliphatic heterocycles. The molecule has 35 heavy (non-hydrogen) atoms. The summed E-state index contributed by atoms with van der Waals surface area (Å²) in [4.78, 5) is 10.3. The third kappa shape index (κ3) is 21.6. The first kappa shape index (κ1) is 34.9. The molecule has 4 nitrogen and oxygen atoms in total. The summed E-state index contributed by atoms with van der Waals surface area (Å²) >= 11 is 0. The minimum absolute atomic E-state index is 0.351. The Labute approximate surface area is 220 Å². The van der Waals surface area contributed by atoms with Crippen molar-refractivity contribution in [2.75, 3.05) is 27.7 Å². The number of hydrogen-bond donors (Lipinski definition) is 1. The van der Waals surface area contributed by atoms with Crippen LogP contribution in [0, 0.1) is 0 Å². The lowest BCUT2D eigenvalue weighted by Crippen LogP contribution is -2.44. The number of unbranched alkanes of at least 4 members (excludes halogenated alkanes) is 18. The average molecular weight is 517 g/mol. The van der Waals surface area contributed by atoms with E-state index in [1.807, 2.05) is 28.1 Å². The van der Waals surface area contributed by atoms with Gasteiger partial charge in [-0.15, -0.1) is 0 Å². The summed E-state index contributed by atoms with van der Waals surface area (Å²) in [5.41, 5.74) is 0. The largest absolute Gasteiger partial charge is 0.385 e. The maximum Gasteiger partial charge on any atom is 0.385 e. The summed E-state index contributed by atoms with van der Waals surface area (Å²) in [6.45, 7) is 4.64. The van der Waals surface area contributed by atoms with Crippen LogP contribution in [0.3, 0.4) is 0 Å². The molecule has 5 heteroatoms. The molecule has 0 heterocycles. The van der Waals surface area contributed by atoms with Crippen LogP contribution in [0.25, 0.3) is 0 Å². The van der Waals surface area contributed by atoms with Gasteiger partial charge in [-0.3, -0.25) is 4.57 Å². The van der Waals surface area contributed by atoms with E-state index in [0.717, 1.165) is 12.8 Å². The van der Waals surface area contributed by atoms with Crippen LogP contribution in [-0.4, -0.2) is 42.9 Å². The van der Waals surface area contributed by atoms with Gasteiger partial charge in [-0.25, -0.2) is 0 Å². The SMILES string of the molecule is CCCCCCCCCCCCC/C=C\CCCCCCCCCOP(=O)(O)C(CC)[N+](C)(C)C. The number of quaternary nitrogens is 1. The average Bonchev–Trinajstić information content (AvgIpc) is 2.78. The van der Waals surface area contributed by atoms with Gasteiger partial charge in [0.2, 0.25) is 0 Å². The maximum atomic E-state index is 12.5. The van der Waals surface area contributed by atoms with E-state index in [0.29, 0.717) is 17.5 Å². The molecular formula is C30H63NO3P+. The third-order valence-corrected chi connectivity index (χ3v) is 9.43. The zero-order valence-corrected chi connectivity index (χ0v) is 25.3. The van der Waals surface area contributed by atoms with Crippen molar-refractivity contribution in [3.8, 4) is 0 Å². The third-order valence-electron chi connectivity index (χ3n) is 7.07. The van der Waals surface area contributed by atoms with E-state index in [-0.39, 0.29) is 5.78 Å². The van der Waals surface area contributed by atoms with Crippen LogP contribution < -0.4 is 0 Å². The molecule has 1 N–H and O–H groups in total. The van der Waals surface area contributed by atoms with Crippen LogP contribution in [0.2, 0.25) is 0 Å². The first-order valence-corrected chi connectivity index (χ1v) is 16.8. The lowest BCUT2D eigenvalue weighted by molar-refractivity contribution is -0.883. The van der Waals surface area contributed by atoms with Crippen molar-refractivity contribution in [2.24, 2.45) is 0 Å². The van der Waals surface area contributed by atoms with Gasteiger partial charge in [0, 0.05) is 6.42 Å². The minimum Gasteiger partial charge on any atom is -0.320 e. The Morgan fingerprint density at radius 2 is 1.03 bits per heavy atom. The van der Waals surface area contributed by atoms with Crippen LogP contribution in [0.4, 0.5) is 0 Å². The van der Waals surface area contributed by atoms with E-state index in [1.165, 1.54) is 116 Å². The molecule has 2 unspecified atom stereocenters. The van der Waals surface area contributed by atoms with Crippen molar-refractivity contribution in [2.45, 2.75) is 154 Å². The molecule has 0 radical (unpaired) electrons. The van der Waals surface area contributed by atoms with Crippen molar-refractivity contribution < 1.29 is 18.5 Å². The van der Waals surface area contributed by atoms with E-state index in [2.05, 4.69) is 19.1 Å². The molecule has 0 aromatic carbocycles. The standard InChI is InChI=1S/C30H62NO3P/c1-6-8-9-10-11-12-13-14-15-16-17-18-19-20-21-22-23-24-25-26-27-28-29-34-35(32,33)30(7-2)31(3,4)5/h19-20,30H,6-18,21-29H2,1-5H3/p+1/b20-19-. The molecular weight excluding hydrogens is 453 g/mol. The summed E-state index contributed by atoms with van der Waals surface area (Å²) < 4.78 is 18.4. The molecule has 0 rings (SSSR count). The van der Waals surface area contributed by atoms with E-state index >= 15 is 0 Å². The van der Waals surface area contributed by atoms with Gasteiger partial charge in [-0.1, -0.05) is 122 Å². The van der Waals surface area contributed by atoms with Crippen molar-refractivity contribution in [1.82, 2.24) is 0 Å². The van der Waals surface area contributed by atoms with Crippen molar-refractivity contribution >= 4 is 7.60 Å². The smallest absolute Gasteiger partial charge is 0.320 e. The molecule has 2 atom stereocenters. The van der Waals surface area contributed by atoms with E-state index < -0.39 is 7.60 Å². The number of rotatable bonds is 26. The predicted octanol–water partition coefficient (Wildman–Crippen LogP) is 10.0. The molecule has 0 aliphatic rings. The molecule has 0 saturated heterocycles. The van der Waals surface area contributed by atoms with E-state index in [9.17, 15) is 9.46 Å². The van der Waals surface area contributed by atoms with Gasteiger partial charge < -0.3 is 13.9 Å². The number of allylic oxidation sites excluding steroid dienone is 2. The van der Waals surface area contributed by atoms with Gasteiger partial charge in [0.1, 0.15) is 0 Å². The van der Waals surface area contributed by atoms with Gasteiger partial charge in [-0.05, 0) is 32.1 Å². The molecule has 0 aliphatic carbocycles. The van der Waals surface area contributed by atoms with E-state index in [4.69, 9.17) is 4.52 Å². The second kappa shape index (κ2) is 23.0. The first-order chi connectivity index (χ1) is 16.8. The zero-order valence-electron chi connectivity index (χ0n) is 24.4. The Kier molecular flexibility index (Phi) is 22.9. The minimum atomic E-state index is -3.56. The second-order valence-corrected chi connectivity index (χ2v) is 13.4. The monoisotopic (exact) mass is 516 g/mol. The highest BCUT2D eigenvalue weighted by Gasteiger charge is 2.41. The Hall–Kier alpha value is -0.150. The highest BCUT2D eigenvalue weighted by Crippen LogP contribution is 2.51. The van der Waals surface area contributed by atoms with Crippen LogP contribution >= 0.6 is 7.60 Å². The molecule has 0 spiro atoms. The van der Waals surface area contributed by atoms with E-state index in [1.54, 1.807) is 0 Å². The van der Waals surface area contributed by atoms with Crippen LogP contribution in [0.15, 0.2) is 12.2 Å². The lowest BCUT2D eigenvalue weighted by atomic mass is 10.0. The molecule has 0 fully saturated rings. The van der Waals surface area contributed by atoms with Gasteiger partial charge >= 0.3 is 7.60 Å². The summed E-state index contributed by atoms with van der Waals surface area (Å²) in [5.74, 6) is -0.351. The quantitative estimate of drug-likeness (QED) is 0.0538. The van der Waals surface area contributed by atoms with Crippen molar-refractivity contribution in [3.05, 3.63) is 12.2 Å².